The second-order valence-electron chi connectivity index (χ2n) is 6.49. The van der Waals surface area contributed by atoms with Crippen molar-refractivity contribution in [1.82, 2.24) is 29.3 Å². The average molecular weight is 422 g/mol. The first-order valence-electron chi connectivity index (χ1n) is 8.51. The van der Waals surface area contributed by atoms with Gasteiger partial charge in [0.05, 0.1) is 6.20 Å². The van der Waals surface area contributed by atoms with Crippen molar-refractivity contribution in [2.45, 2.75) is 12.7 Å². The number of aryl methyl sites for hydroxylation is 2. The number of aromatic nitrogens is 6. The fourth-order valence-corrected chi connectivity index (χ4v) is 3.12. The fourth-order valence-electron chi connectivity index (χ4n) is 2.95. The molecule has 0 unspecified atom stereocenters. The Kier molecular flexibility index (Phi) is 4.65. The molecule has 4 rings (SSSR count). The van der Waals surface area contributed by atoms with E-state index in [0.29, 0.717) is 29.0 Å². The van der Waals surface area contributed by atoms with Gasteiger partial charge in [-0.2, -0.15) is 23.3 Å². The highest BCUT2D eigenvalue weighted by molar-refractivity contribution is 6.28. The third-order valence-corrected chi connectivity index (χ3v) is 4.46. The third-order valence-electron chi connectivity index (χ3n) is 4.29. The van der Waals surface area contributed by atoms with Crippen LogP contribution in [0.25, 0.3) is 22.4 Å². The standard InChI is InChI=1S/C18H15ClF3N7/c1-28-9-13(18(20,21)22)25-16(28)11-5-3-10(4-6-11)7-23-15-14-12(8-29(2)27-14)24-17(19)26-15/h3-6,8-9H,7H2,1-2H3,(H,23,24,26). The van der Waals surface area contributed by atoms with Crippen molar-refractivity contribution in [2.75, 3.05) is 5.32 Å². The topological polar surface area (TPSA) is 73.5 Å². The SMILES string of the molecule is Cn1cc2nc(Cl)nc(NCc3ccc(-c4nc(C(F)(F)F)cn4C)cc3)c2n1. The van der Waals surface area contributed by atoms with Crippen molar-refractivity contribution in [3.8, 4) is 11.4 Å². The van der Waals surface area contributed by atoms with E-state index in [9.17, 15) is 13.2 Å². The lowest BCUT2D eigenvalue weighted by molar-refractivity contribution is -0.140. The van der Waals surface area contributed by atoms with Crippen molar-refractivity contribution in [3.05, 3.63) is 53.2 Å². The van der Waals surface area contributed by atoms with Crippen molar-refractivity contribution in [2.24, 2.45) is 14.1 Å². The van der Waals surface area contributed by atoms with Crippen LogP contribution in [0.4, 0.5) is 19.0 Å². The number of halogens is 4. The lowest BCUT2D eigenvalue weighted by Crippen LogP contribution is -2.05. The molecule has 0 fully saturated rings. The lowest BCUT2D eigenvalue weighted by atomic mass is 10.1. The number of anilines is 1. The predicted molar refractivity (Wildman–Crippen MR) is 102 cm³/mol. The highest BCUT2D eigenvalue weighted by Gasteiger charge is 2.34. The van der Waals surface area contributed by atoms with Crippen molar-refractivity contribution < 1.29 is 13.2 Å². The first-order chi connectivity index (χ1) is 13.7. The first kappa shape index (κ1) is 19.2. The minimum Gasteiger partial charge on any atom is -0.364 e. The molecule has 1 aromatic carbocycles. The Morgan fingerprint density at radius 1 is 1.03 bits per heavy atom. The molecule has 7 nitrogen and oxygen atoms in total. The molecule has 0 saturated carbocycles. The predicted octanol–water partition coefficient (Wildman–Crippen LogP) is 4.05. The minimum atomic E-state index is -4.48. The van der Waals surface area contributed by atoms with Crippen LogP contribution in [0, 0.1) is 0 Å². The summed E-state index contributed by atoms with van der Waals surface area (Å²) in [7, 11) is 3.31. The molecular weight excluding hydrogens is 407 g/mol. The van der Waals surface area contributed by atoms with Crippen molar-refractivity contribution in [1.29, 1.82) is 0 Å². The van der Waals surface area contributed by atoms with E-state index in [1.54, 1.807) is 30.1 Å². The normalized spacial score (nSPS) is 11.9. The van der Waals surface area contributed by atoms with E-state index in [4.69, 9.17) is 11.6 Å². The van der Waals surface area contributed by atoms with Gasteiger partial charge in [-0.15, -0.1) is 0 Å². The molecule has 3 heterocycles. The average Bonchev–Trinajstić information content (AvgIpc) is 3.22. The number of imidazole rings is 1. The summed E-state index contributed by atoms with van der Waals surface area (Å²) < 4.78 is 41.5. The summed E-state index contributed by atoms with van der Waals surface area (Å²) in [6, 6.07) is 7.07. The molecular formula is C18H15ClF3N7. The monoisotopic (exact) mass is 421 g/mol. The molecule has 0 spiro atoms. The Bertz CT molecular complexity index is 1180. The van der Waals surface area contributed by atoms with Gasteiger partial charge in [0.15, 0.2) is 17.0 Å². The van der Waals surface area contributed by atoms with E-state index < -0.39 is 11.9 Å². The molecule has 150 valence electrons. The quantitative estimate of drug-likeness (QED) is 0.503. The smallest absolute Gasteiger partial charge is 0.364 e. The Balaban J connectivity index is 1.53. The number of fused-ring (bicyclic) bond motifs is 1. The molecule has 0 aliphatic carbocycles. The van der Waals surface area contributed by atoms with Crippen LogP contribution in [-0.2, 0) is 26.8 Å². The van der Waals surface area contributed by atoms with Gasteiger partial charge in [-0.05, 0) is 17.2 Å². The summed E-state index contributed by atoms with van der Waals surface area (Å²) in [5, 5.41) is 7.60. The molecule has 0 aliphatic heterocycles. The number of nitrogens with zero attached hydrogens (tertiary/aromatic N) is 6. The zero-order valence-electron chi connectivity index (χ0n) is 15.4. The maximum Gasteiger partial charge on any atom is 0.434 e. The van der Waals surface area contributed by atoms with Gasteiger partial charge in [0.2, 0.25) is 5.28 Å². The van der Waals surface area contributed by atoms with Gasteiger partial charge in [0.25, 0.3) is 0 Å². The molecule has 0 atom stereocenters. The second-order valence-corrected chi connectivity index (χ2v) is 6.82. The number of alkyl halides is 3. The Hall–Kier alpha value is -3.14. The number of benzene rings is 1. The van der Waals surface area contributed by atoms with Crippen LogP contribution >= 0.6 is 11.6 Å². The number of hydrogen-bond donors (Lipinski definition) is 1. The van der Waals surface area contributed by atoms with E-state index in [-0.39, 0.29) is 11.1 Å². The Morgan fingerprint density at radius 2 is 1.76 bits per heavy atom. The van der Waals surface area contributed by atoms with E-state index in [1.165, 1.54) is 11.6 Å². The summed E-state index contributed by atoms with van der Waals surface area (Å²) in [6.45, 7) is 0.424. The molecule has 0 bridgehead atoms. The molecule has 11 heteroatoms. The van der Waals surface area contributed by atoms with Gasteiger partial charge < -0.3 is 9.88 Å². The van der Waals surface area contributed by atoms with Crippen LogP contribution in [0.1, 0.15) is 11.3 Å². The van der Waals surface area contributed by atoms with Crippen LogP contribution in [-0.4, -0.2) is 29.3 Å². The number of hydrogen-bond acceptors (Lipinski definition) is 5. The summed E-state index contributed by atoms with van der Waals surface area (Å²) in [6.07, 6.45) is -1.76. The molecule has 0 amide bonds. The van der Waals surface area contributed by atoms with Crippen LogP contribution < -0.4 is 5.32 Å². The van der Waals surface area contributed by atoms with Crippen LogP contribution in [0.5, 0.6) is 0 Å². The summed E-state index contributed by atoms with van der Waals surface area (Å²) >= 11 is 5.96. The third kappa shape index (κ3) is 3.88. The molecule has 0 aliphatic rings. The Morgan fingerprint density at radius 3 is 2.41 bits per heavy atom. The fraction of sp³-hybridized carbons (Fsp3) is 0.222. The van der Waals surface area contributed by atoms with Crippen LogP contribution in [0.2, 0.25) is 5.28 Å². The van der Waals surface area contributed by atoms with E-state index in [2.05, 4.69) is 25.4 Å². The van der Waals surface area contributed by atoms with E-state index in [0.717, 1.165) is 11.8 Å². The molecule has 3 aromatic heterocycles. The lowest BCUT2D eigenvalue weighted by Gasteiger charge is -2.08. The highest BCUT2D eigenvalue weighted by atomic mass is 35.5. The van der Waals surface area contributed by atoms with Gasteiger partial charge in [0, 0.05) is 32.4 Å². The summed E-state index contributed by atoms with van der Waals surface area (Å²) in [5.74, 6) is 0.748. The maximum atomic E-state index is 12.9. The minimum absolute atomic E-state index is 0.110. The molecule has 0 radical (unpaired) electrons. The first-order valence-corrected chi connectivity index (χ1v) is 8.89. The zero-order chi connectivity index (χ0) is 20.8. The Labute approximate surface area is 168 Å². The van der Waals surface area contributed by atoms with Gasteiger partial charge in [-0.3, -0.25) is 4.68 Å². The summed E-state index contributed by atoms with van der Waals surface area (Å²) in [5.41, 5.74) is 1.80. The second kappa shape index (κ2) is 7.03. The van der Waals surface area contributed by atoms with E-state index in [1.807, 2.05) is 12.1 Å². The van der Waals surface area contributed by atoms with Crippen LogP contribution in [0.15, 0.2) is 36.7 Å². The maximum absolute atomic E-state index is 12.9. The van der Waals surface area contributed by atoms with Gasteiger partial charge >= 0.3 is 6.18 Å². The largest absolute Gasteiger partial charge is 0.434 e. The van der Waals surface area contributed by atoms with E-state index >= 15 is 0 Å². The van der Waals surface area contributed by atoms with Gasteiger partial charge in [-0.1, -0.05) is 24.3 Å². The molecule has 1 N–H and O–H groups in total. The van der Waals surface area contributed by atoms with Crippen molar-refractivity contribution in [3.63, 3.8) is 0 Å². The van der Waals surface area contributed by atoms with Gasteiger partial charge in [-0.25, -0.2) is 9.97 Å². The van der Waals surface area contributed by atoms with Gasteiger partial charge in [0.1, 0.15) is 11.3 Å². The molecule has 4 aromatic rings. The van der Waals surface area contributed by atoms with Crippen molar-refractivity contribution >= 4 is 28.5 Å². The molecule has 0 saturated heterocycles. The van der Waals surface area contributed by atoms with Crippen LogP contribution in [0.3, 0.4) is 0 Å². The highest BCUT2D eigenvalue weighted by Crippen LogP contribution is 2.30. The molecule has 29 heavy (non-hydrogen) atoms. The number of nitrogens with one attached hydrogen (secondary N) is 1. The number of rotatable bonds is 4. The zero-order valence-corrected chi connectivity index (χ0v) is 16.1. The summed E-state index contributed by atoms with van der Waals surface area (Å²) in [4.78, 5) is 12.0.